The van der Waals surface area contributed by atoms with Gasteiger partial charge in [-0.25, -0.2) is 21.5 Å². The molecule has 0 unspecified atom stereocenters. The Morgan fingerprint density at radius 2 is 1.85 bits per heavy atom. The van der Waals surface area contributed by atoms with Crippen LogP contribution in [0, 0.1) is 11.3 Å². The zero-order chi connectivity index (χ0) is 15.0. The summed E-state index contributed by atoms with van der Waals surface area (Å²) in [5.41, 5.74) is -1.41. The van der Waals surface area contributed by atoms with E-state index in [-0.39, 0.29) is 38.3 Å². The monoisotopic (exact) mass is 311 g/mol. The van der Waals surface area contributed by atoms with Gasteiger partial charge in [-0.1, -0.05) is 12.8 Å². The van der Waals surface area contributed by atoms with Gasteiger partial charge in [-0.05, 0) is 18.8 Å². The summed E-state index contributed by atoms with van der Waals surface area (Å²) in [6, 6.07) is 0. The average Bonchev–Trinajstić information content (AvgIpc) is 2.71. The molecule has 0 radical (unpaired) electrons. The lowest BCUT2D eigenvalue weighted by molar-refractivity contribution is -0.139. The van der Waals surface area contributed by atoms with Crippen molar-refractivity contribution in [1.82, 2.24) is 4.31 Å². The first-order valence-corrected chi connectivity index (χ1v) is 8.34. The van der Waals surface area contributed by atoms with Gasteiger partial charge in [0.1, 0.15) is 0 Å². The van der Waals surface area contributed by atoms with Gasteiger partial charge in [-0.2, -0.15) is 0 Å². The third kappa shape index (κ3) is 3.11. The van der Waals surface area contributed by atoms with Crippen LogP contribution >= 0.6 is 0 Å². The molecular formula is C12H19F2NO4S. The number of halogens is 2. The second-order valence-electron chi connectivity index (χ2n) is 5.91. The molecule has 0 bridgehead atoms. The number of alkyl halides is 2. The average molecular weight is 311 g/mol. The number of hydrogen-bond donors (Lipinski definition) is 1. The van der Waals surface area contributed by atoms with Crippen molar-refractivity contribution in [2.45, 2.75) is 38.5 Å². The lowest BCUT2D eigenvalue weighted by Gasteiger charge is -2.39. The summed E-state index contributed by atoms with van der Waals surface area (Å²) in [7, 11) is -3.72. The lowest BCUT2D eigenvalue weighted by Crippen LogP contribution is -2.53. The van der Waals surface area contributed by atoms with Gasteiger partial charge in [0.25, 0.3) is 0 Å². The molecule has 0 atom stereocenters. The molecule has 0 aromatic carbocycles. The Bertz CT molecular complexity index is 468. The fourth-order valence-corrected chi connectivity index (χ4v) is 5.28. The zero-order valence-electron chi connectivity index (χ0n) is 11.1. The molecule has 2 aliphatic rings. The number of sulfonamides is 1. The Morgan fingerprint density at radius 1 is 1.30 bits per heavy atom. The topological polar surface area (TPSA) is 74.7 Å². The summed E-state index contributed by atoms with van der Waals surface area (Å²) in [5.74, 6) is -1.68. The first kappa shape index (κ1) is 15.6. The lowest BCUT2D eigenvalue weighted by atomic mass is 9.89. The van der Waals surface area contributed by atoms with Gasteiger partial charge in [0, 0.05) is 18.5 Å². The fraction of sp³-hybridized carbons (Fsp3) is 0.917. The number of carboxylic acid groups (broad SMARTS) is 1. The molecule has 0 amide bonds. The van der Waals surface area contributed by atoms with E-state index in [0.717, 1.165) is 4.31 Å². The molecule has 8 heteroatoms. The summed E-state index contributed by atoms with van der Waals surface area (Å²) >= 11 is 0. The molecule has 20 heavy (non-hydrogen) atoms. The smallest absolute Gasteiger partial charge is 0.303 e. The maximum Gasteiger partial charge on any atom is 0.303 e. The van der Waals surface area contributed by atoms with E-state index in [2.05, 4.69) is 0 Å². The van der Waals surface area contributed by atoms with E-state index in [1.54, 1.807) is 0 Å². The summed E-state index contributed by atoms with van der Waals surface area (Å²) in [6.07, 6.45) is -0.933. The van der Waals surface area contributed by atoms with Gasteiger partial charge >= 0.3 is 5.97 Å². The van der Waals surface area contributed by atoms with E-state index in [9.17, 15) is 22.0 Å². The largest absolute Gasteiger partial charge is 0.481 e. The third-order valence-electron chi connectivity index (χ3n) is 4.31. The molecular weight excluding hydrogens is 292 g/mol. The molecule has 0 spiro atoms. The fourth-order valence-electron chi connectivity index (χ4n) is 3.08. The van der Waals surface area contributed by atoms with Crippen molar-refractivity contribution in [3.05, 3.63) is 0 Å². The van der Waals surface area contributed by atoms with Gasteiger partial charge < -0.3 is 5.11 Å². The van der Waals surface area contributed by atoms with Crippen molar-refractivity contribution in [2.24, 2.45) is 11.3 Å². The number of carbonyl (C=O) groups is 1. The quantitative estimate of drug-likeness (QED) is 0.807. The van der Waals surface area contributed by atoms with E-state index in [4.69, 9.17) is 5.11 Å². The summed E-state index contributed by atoms with van der Waals surface area (Å²) in [4.78, 5) is 10.5. The van der Waals surface area contributed by atoms with Crippen molar-refractivity contribution in [1.29, 1.82) is 0 Å². The van der Waals surface area contributed by atoms with Crippen molar-refractivity contribution in [3.63, 3.8) is 0 Å². The van der Waals surface area contributed by atoms with Crippen LogP contribution in [0.3, 0.4) is 0 Å². The van der Waals surface area contributed by atoms with Crippen molar-refractivity contribution in [2.75, 3.05) is 18.8 Å². The number of rotatable bonds is 6. The van der Waals surface area contributed by atoms with Crippen LogP contribution in [0.15, 0.2) is 0 Å². The highest BCUT2D eigenvalue weighted by molar-refractivity contribution is 7.89. The molecule has 1 heterocycles. The summed E-state index contributed by atoms with van der Waals surface area (Å²) in [6.45, 7) is 0.266. The minimum absolute atomic E-state index is 0.0774. The van der Waals surface area contributed by atoms with Crippen LogP contribution in [0.1, 0.15) is 32.1 Å². The first-order valence-electron chi connectivity index (χ1n) is 6.73. The Labute approximate surface area is 117 Å². The van der Waals surface area contributed by atoms with Crippen LogP contribution in [-0.4, -0.2) is 49.1 Å². The number of carboxylic acids is 1. The molecule has 2 rings (SSSR count). The molecule has 2 fully saturated rings. The maximum absolute atomic E-state index is 13.2. The number of hydrogen-bond acceptors (Lipinski definition) is 3. The van der Waals surface area contributed by atoms with Crippen molar-refractivity contribution < 1.29 is 27.1 Å². The van der Waals surface area contributed by atoms with Gasteiger partial charge in [0.05, 0.1) is 12.2 Å². The molecule has 1 saturated heterocycles. The van der Waals surface area contributed by atoms with E-state index in [0.29, 0.717) is 12.8 Å². The van der Waals surface area contributed by atoms with E-state index in [1.165, 1.54) is 0 Å². The van der Waals surface area contributed by atoms with Crippen LogP contribution in [0.2, 0.25) is 0 Å². The first-order chi connectivity index (χ1) is 9.25. The van der Waals surface area contributed by atoms with Crippen LogP contribution in [0.4, 0.5) is 8.78 Å². The Balaban J connectivity index is 1.97. The van der Waals surface area contributed by atoms with Crippen LogP contribution < -0.4 is 0 Å². The normalized spacial score (nSPS) is 23.9. The van der Waals surface area contributed by atoms with Crippen molar-refractivity contribution >= 4 is 16.0 Å². The summed E-state index contributed by atoms with van der Waals surface area (Å²) in [5, 5.41) is 8.61. The molecule has 0 aromatic rings. The highest BCUT2D eigenvalue weighted by Crippen LogP contribution is 2.45. The molecule has 1 aliphatic heterocycles. The highest BCUT2D eigenvalue weighted by atomic mass is 32.2. The second kappa shape index (κ2) is 5.55. The number of nitrogens with zero attached hydrogens (tertiary/aromatic N) is 1. The Morgan fingerprint density at radius 3 is 2.30 bits per heavy atom. The zero-order valence-corrected chi connectivity index (χ0v) is 11.9. The van der Waals surface area contributed by atoms with Crippen LogP contribution in [0.25, 0.3) is 0 Å². The molecule has 0 aromatic heterocycles. The number of aliphatic carboxylic acids is 1. The minimum atomic E-state index is -3.72. The molecule has 5 nitrogen and oxygen atoms in total. The Hall–Kier alpha value is -0.760. The molecule has 1 N–H and O–H groups in total. The van der Waals surface area contributed by atoms with Crippen LogP contribution in [-0.2, 0) is 14.8 Å². The second-order valence-corrected chi connectivity index (χ2v) is 7.88. The third-order valence-corrected chi connectivity index (χ3v) is 6.34. The van der Waals surface area contributed by atoms with Gasteiger partial charge in [-0.15, -0.1) is 0 Å². The molecule has 1 saturated carbocycles. The van der Waals surface area contributed by atoms with Gasteiger partial charge in [-0.3, -0.25) is 4.79 Å². The SMILES string of the molecule is O=C(O)CC1CN(S(=O)(=O)CC2(C(F)F)CCCC2)C1. The van der Waals surface area contributed by atoms with Gasteiger partial charge in [0.2, 0.25) is 16.4 Å². The van der Waals surface area contributed by atoms with E-state index >= 15 is 0 Å². The van der Waals surface area contributed by atoms with E-state index < -0.39 is 33.6 Å². The van der Waals surface area contributed by atoms with E-state index in [1.807, 2.05) is 0 Å². The highest BCUT2D eigenvalue weighted by Gasteiger charge is 2.48. The Kier molecular flexibility index (Phi) is 4.34. The van der Waals surface area contributed by atoms with Crippen LogP contribution in [0.5, 0.6) is 0 Å². The van der Waals surface area contributed by atoms with Crippen molar-refractivity contribution in [3.8, 4) is 0 Å². The predicted octanol–water partition coefficient (Wildman–Crippen LogP) is 1.55. The molecule has 116 valence electrons. The minimum Gasteiger partial charge on any atom is -0.481 e. The standard InChI is InChI=1S/C12H19F2NO4S/c13-11(14)12(3-1-2-4-12)8-20(18,19)15-6-9(7-15)5-10(16)17/h9,11H,1-8H2,(H,16,17). The molecule has 1 aliphatic carbocycles. The van der Waals surface area contributed by atoms with Gasteiger partial charge in [0.15, 0.2) is 0 Å². The maximum atomic E-state index is 13.2. The summed E-state index contributed by atoms with van der Waals surface area (Å²) < 4.78 is 51.8. The predicted molar refractivity (Wildman–Crippen MR) is 68.0 cm³/mol.